The Morgan fingerprint density at radius 3 is 2.79 bits per heavy atom. The van der Waals surface area contributed by atoms with E-state index in [9.17, 15) is 13.2 Å². The first-order valence-electron chi connectivity index (χ1n) is 3.91. The van der Waals surface area contributed by atoms with Gasteiger partial charge in [-0.3, -0.25) is 9.78 Å². The molecule has 0 unspecified atom stereocenters. The Bertz CT molecular complexity index is 413. The minimum Gasteiger partial charge on any atom is -0.299 e. The molecular weight excluding hydrogens is 204 g/mol. The standard InChI is InChI=1S/C8H10N2O3S/c1-7(11)5-10-14(12,13)8-3-2-4-9-6-8/h2-4,6,10H,5H2,1H3. The number of hydrogen-bond donors (Lipinski definition) is 1. The van der Waals surface area contributed by atoms with Gasteiger partial charge in [-0.2, -0.15) is 0 Å². The van der Waals surface area contributed by atoms with Crippen molar-refractivity contribution >= 4 is 15.8 Å². The summed E-state index contributed by atoms with van der Waals surface area (Å²) in [4.78, 5) is 14.3. The second kappa shape index (κ2) is 4.30. The lowest BCUT2D eigenvalue weighted by Gasteiger charge is -2.03. The van der Waals surface area contributed by atoms with E-state index < -0.39 is 10.0 Å². The minimum absolute atomic E-state index is 0.0567. The Kier molecular flexibility index (Phi) is 3.32. The molecule has 0 bridgehead atoms. The highest BCUT2D eigenvalue weighted by atomic mass is 32.2. The van der Waals surface area contributed by atoms with E-state index in [1.165, 1.54) is 31.5 Å². The van der Waals surface area contributed by atoms with Gasteiger partial charge in [-0.1, -0.05) is 0 Å². The lowest BCUT2D eigenvalue weighted by Crippen LogP contribution is -2.28. The maximum absolute atomic E-state index is 11.4. The highest BCUT2D eigenvalue weighted by molar-refractivity contribution is 7.89. The quantitative estimate of drug-likeness (QED) is 0.762. The van der Waals surface area contributed by atoms with Gasteiger partial charge in [0, 0.05) is 12.4 Å². The predicted octanol–water partition coefficient (Wildman–Crippen LogP) is -0.0511. The molecule has 0 aliphatic carbocycles. The van der Waals surface area contributed by atoms with Crippen LogP contribution >= 0.6 is 0 Å². The molecule has 1 rings (SSSR count). The first-order valence-corrected chi connectivity index (χ1v) is 5.40. The number of aromatic nitrogens is 1. The first kappa shape index (κ1) is 10.8. The van der Waals surface area contributed by atoms with Gasteiger partial charge in [-0.05, 0) is 19.1 Å². The molecule has 76 valence electrons. The number of pyridine rings is 1. The van der Waals surface area contributed by atoms with E-state index in [0.717, 1.165) is 0 Å². The lowest BCUT2D eigenvalue weighted by atomic mass is 10.5. The minimum atomic E-state index is -3.59. The van der Waals surface area contributed by atoms with Crippen LogP contribution in [0.1, 0.15) is 6.92 Å². The molecule has 0 aromatic carbocycles. The zero-order valence-corrected chi connectivity index (χ0v) is 8.41. The third-order valence-electron chi connectivity index (χ3n) is 1.46. The zero-order valence-electron chi connectivity index (χ0n) is 7.60. The average Bonchev–Trinajstić information content (AvgIpc) is 2.16. The van der Waals surface area contributed by atoms with Gasteiger partial charge in [0.25, 0.3) is 0 Å². The number of carbonyl (C=O) groups is 1. The van der Waals surface area contributed by atoms with E-state index in [1.54, 1.807) is 0 Å². The summed E-state index contributed by atoms with van der Waals surface area (Å²) in [7, 11) is -3.59. The third-order valence-corrected chi connectivity index (χ3v) is 2.84. The van der Waals surface area contributed by atoms with E-state index in [1.807, 2.05) is 0 Å². The summed E-state index contributed by atoms with van der Waals surface area (Å²) in [5, 5.41) is 0. The monoisotopic (exact) mass is 214 g/mol. The zero-order chi connectivity index (χ0) is 10.6. The Labute approximate surface area is 82.2 Å². The number of Topliss-reactive ketones (excluding diaryl/α,β-unsaturated/α-hetero) is 1. The lowest BCUT2D eigenvalue weighted by molar-refractivity contribution is -0.115. The maximum Gasteiger partial charge on any atom is 0.242 e. The SMILES string of the molecule is CC(=O)CNS(=O)(=O)c1cccnc1. The molecule has 1 aromatic rings. The molecule has 1 aromatic heterocycles. The summed E-state index contributed by atoms with van der Waals surface area (Å²) >= 11 is 0. The topological polar surface area (TPSA) is 76.1 Å². The van der Waals surface area contributed by atoms with Gasteiger partial charge in [-0.15, -0.1) is 0 Å². The predicted molar refractivity (Wildman–Crippen MR) is 50.1 cm³/mol. The van der Waals surface area contributed by atoms with E-state index in [2.05, 4.69) is 9.71 Å². The second-order valence-corrected chi connectivity index (χ2v) is 4.48. The molecule has 0 atom stereocenters. The van der Waals surface area contributed by atoms with Gasteiger partial charge in [0.05, 0.1) is 6.54 Å². The Morgan fingerprint density at radius 2 is 2.29 bits per heavy atom. The van der Waals surface area contributed by atoms with E-state index in [4.69, 9.17) is 0 Å². The van der Waals surface area contributed by atoms with Crippen molar-refractivity contribution in [1.29, 1.82) is 0 Å². The van der Waals surface area contributed by atoms with Crippen LogP contribution in [0.2, 0.25) is 0 Å². The van der Waals surface area contributed by atoms with Crippen LogP contribution in [0.4, 0.5) is 0 Å². The van der Waals surface area contributed by atoms with Crippen molar-refractivity contribution in [3.8, 4) is 0 Å². The summed E-state index contributed by atoms with van der Waals surface area (Å²) in [6.45, 7) is 1.11. The van der Waals surface area contributed by atoms with Crippen molar-refractivity contribution in [3.63, 3.8) is 0 Å². The Morgan fingerprint density at radius 1 is 1.57 bits per heavy atom. The molecule has 0 amide bonds. The van der Waals surface area contributed by atoms with Crippen molar-refractivity contribution in [2.24, 2.45) is 0 Å². The number of sulfonamides is 1. The number of ketones is 1. The molecule has 5 nitrogen and oxygen atoms in total. The van der Waals surface area contributed by atoms with Crippen molar-refractivity contribution in [1.82, 2.24) is 9.71 Å². The van der Waals surface area contributed by atoms with Crippen LogP contribution in [-0.2, 0) is 14.8 Å². The normalized spacial score (nSPS) is 11.2. The van der Waals surface area contributed by atoms with E-state index in [0.29, 0.717) is 0 Å². The second-order valence-electron chi connectivity index (χ2n) is 2.72. The van der Waals surface area contributed by atoms with Crippen LogP contribution in [0.5, 0.6) is 0 Å². The van der Waals surface area contributed by atoms with Crippen LogP contribution < -0.4 is 4.72 Å². The Hall–Kier alpha value is -1.27. The van der Waals surface area contributed by atoms with Crippen LogP contribution in [-0.4, -0.2) is 25.7 Å². The van der Waals surface area contributed by atoms with Crippen molar-refractivity contribution < 1.29 is 13.2 Å². The van der Waals surface area contributed by atoms with Gasteiger partial charge in [0.1, 0.15) is 10.7 Å². The Balaban J connectivity index is 2.82. The molecule has 0 saturated carbocycles. The van der Waals surface area contributed by atoms with E-state index in [-0.39, 0.29) is 17.2 Å². The molecule has 0 fully saturated rings. The largest absolute Gasteiger partial charge is 0.299 e. The first-order chi connectivity index (χ1) is 6.52. The molecule has 14 heavy (non-hydrogen) atoms. The molecule has 6 heteroatoms. The van der Waals surface area contributed by atoms with Gasteiger partial charge in [-0.25, -0.2) is 13.1 Å². The fraction of sp³-hybridized carbons (Fsp3) is 0.250. The van der Waals surface area contributed by atoms with Gasteiger partial charge in [0.2, 0.25) is 10.0 Å². The third kappa shape index (κ3) is 2.90. The maximum atomic E-state index is 11.4. The molecule has 0 saturated heterocycles. The van der Waals surface area contributed by atoms with Crippen molar-refractivity contribution in [2.45, 2.75) is 11.8 Å². The summed E-state index contributed by atoms with van der Waals surface area (Å²) in [5.41, 5.74) is 0. The highest BCUT2D eigenvalue weighted by Gasteiger charge is 2.13. The summed E-state index contributed by atoms with van der Waals surface area (Å²) in [6, 6.07) is 2.93. The van der Waals surface area contributed by atoms with Crippen molar-refractivity contribution in [2.75, 3.05) is 6.54 Å². The number of rotatable bonds is 4. The van der Waals surface area contributed by atoms with Crippen LogP contribution in [0.3, 0.4) is 0 Å². The fourth-order valence-electron chi connectivity index (χ4n) is 0.786. The summed E-state index contributed by atoms with van der Waals surface area (Å²) in [6.07, 6.45) is 2.70. The van der Waals surface area contributed by atoms with Crippen LogP contribution in [0.15, 0.2) is 29.4 Å². The van der Waals surface area contributed by atoms with Crippen molar-refractivity contribution in [3.05, 3.63) is 24.5 Å². The summed E-state index contributed by atoms with van der Waals surface area (Å²) in [5.74, 6) is -0.238. The average molecular weight is 214 g/mol. The van der Waals surface area contributed by atoms with Gasteiger partial charge < -0.3 is 0 Å². The number of carbonyl (C=O) groups excluding carboxylic acids is 1. The molecule has 0 aliphatic heterocycles. The number of nitrogens with zero attached hydrogens (tertiary/aromatic N) is 1. The molecule has 0 aliphatic rings. The summed E-state index contributed by atoms with van der Waals surface area (Å²) < 4.78 is 25.0. The highest BCUT2D eigenvalue weighted by Crippen LogP contribution is 2.04. The molecule has 0 spiro atoms. The number of nitrogens with one attached hydrogen (secondary N) is 1. The number of hydrogen-bond acceptors (Lipinski definition) is 4. The smallest absolute Gasteiger partial charge is 0.242 e. The molecule has 0 radical (unpaired) electrons. The van der Waals surface area contributed by atoms with Crippen LogP contribution in [0, 0.1) is 0 Å². The van der Waals surface area contributed by atoms with Gasteiger partial charge in [0.15, 0.2) is 0 Å². The molecule has 1 N–H and O–H groups in total. The van der Waals surface area contributed by atoms with Crippen LogP contribution in [0.25, 0.3) is 0 Å². The van der Waals surface area contributed by atoms with E-state index >= 15 is 0 Å². The fourth-order valence-corrected chi connectivity index (χ4v) is 1.80. The van der Waals surface area contributed by atoms with Gasteiger partial charge >= 0.3 is 0 Å². The molecule has 1 heterocycles. The molecular formula is C8H10N2O3S.